The number of nitrogens with zero attached hydrogens (tertiary/aromatic N) is 1. The van der Waals surface area contributed by atoms with Crippen LogP contribution in [-0.4, -0.2) is 42.5 Å². The van der Waals surface area contributed by atoms with Crippen LogP contribution in [0.1, 0.15) is 22.7 Å². The van der Waals surface area contributed by atoms with Gasteiger partial charge in [0.1, 0.15) is 5.75 Å². The standard InChI is InChI=1S/C19H20F4N2O2.2ClH/c1-12-2-7-15(20)18(26)16(12)17(25-10-8-24-9-11-25)13-3-5-14(6-4-13)27-19(21,22)23;;/h2-7,17,24,26H,8-11H2,1H3;2*1H/t17-;;/m1../s1. The number of hydrogen-bond acceptors (Lipinski definition) is 4. The van der Waals surface area contributed by atoms with Gasteiger partial charge in [-0.1, -0.05) is 18.2 Å². The molecule has 29 heavy (non-hydrogen) atoms. The van der Waals surface area contributed by atoms with Gasteiger partial charge in [0, 0.05) is 31.7 Å². The Morgan fingerprint density at radius 2 is 1.62 bits per heavy atom. The Balaban J connectivity index is 0.00000210. The maximum absolute atomic E-state index is 14.0. The van der Waals surface area contributed by atoms with E-state index in [2.05, 4.69) is 15.0 Å². The van der Waals surface area contributed by atoms with E-state index in [-0.39, 0.29) is 30.6 Å². The highest BCUT2D eigenvalue weighted by Gasteiger charge is 2.32. The summed E-state index contributed by atoms with van der Waals surface area (Å²) in [5.41, 5.74) is 1.77. The van der Waals surface area contributed by atoms with E-state index in [1.807, 2.05) is 0 Å². The van der Waals surface area contributed by atoms with Gasteiger partial charge in [0.2, 0.25) is 0 Å². The molecule has 0 radical (unpaired) electrons. The van der Waals surface area contributed by atoms with E-state index in [4.69, 9.17) is 0 Å². The molecular weight excluding hydrogens is 435 g/mol. The topological polar surface area (TPSA) is 44.7 Å². The lowest BCUT2D eigenvalue weighted by Crippen LogP contribution is -2.45. The number of aryl methyl sites for hydroxylation is 1. The van der Waals surface area contributed by atoms with Crippen LogP contribution in [0.15, 0.2) is 36.4 Å². The molecule has 1 fully saturated rings. The van der Waals surface area contributed by atoms with Crippen molar-refractivity contribution < 1.29 is 27.4 Å². The Kier molecular flexibility index (Phi) is 9.02. The fourth-order valence-corrected chi connectivity index (χ4v) is 3.38. The van der Waals surface area contributed by atoms with Crippen LogP contribution in [0.25, 0.3) is 0 Å². The SMILES string of the molecule is Cc1ccc(F)c(O)c1[C@@H](c1ccc(OC(F)(F)F)cc1)N1CCNCC1.Cl.Cl. The Morgan fingerprint density at radius 3 is 2.17 bits per heavy atom. The van der Waals surface area contributed by atoms with Gasteiger partial charge in [-0.15, -0.1) is 38.0 Å². The Labute approximate surface area is 178 Å². The van der Waals surface area contributed by atoms with Crippen molar-refractivity contribution in [2.24, 2.45) is 0 Å². The van der Waals surface area contributed by atoms with Gasteiger partial charge in [0.15, 0.2) is 11.6 Å². The summed E-state index contributed by atoms with van der Waals surface area (Å²) in [4.78, 5) is 2.07. The minimum Gasteiger partial charge on any atom is -0.505 e. The fourth-order valence-electron chi connectivity index (χ4n) is 3.38. The molecule has 0 bridgehead atoms. The average molecular weight is 457 g/mol. The summed E-state index contributed by atoms with van der Waals surface area (Å²) >= 11 is 0. The fraction of sp³-hybridized carbons (Fsp3) is 0.368. The van der Waals surface area contributed by atoms with Crippen molar-refractivity contribution in [3.63, 3.8) is 0 Å². The summed E-state index contributed by atoms with van der Waals surface area (Å²) < 4.78 is 55.1. The molecule has 2 aromatic carbocycles. The van der Waals surface area contributed by atoms with Crippen molar-refractivity contribution in [2.45, 2.75) is 19.3 Å². The second-order valence-corrected chi connectivity index (χ2v) is 6.43. The lowest BCUT2D eigenvalue weighted by Gasteiger charge is -2.36. The van der Waals surface area contributed by atoms with Crippen molar-refractivity contribution in [3.05, 3.63) is 58.9 Å². The van der Waals surface area contributed by atoms with Gasteiger partial charge in [-0.05, 0) is 36.2 Å². The molecule has 4 nitrogen and oxygen atoms in total. The zero-order valence-corrected chi connectivity index (χ0v) is 17.1. The number of nitrogens with one attached hydrogen (secondary N) is 1. The van der Waals surface area contributed by atoms with Gasteiger partial charge >= 0.3 is 6.36 Å². The molecule has 0 aromatic heterocycles. The Morgan fingerprint density at radius 1 is 1.03 bits per heavy atom. The van der Waals surface area contributed by atoms with Crippen molar-refractivity contribution in [1.82, 2.24) is 10.2 Å². The van der Waals surface area contributed by atoms with Crippen LogP contribution < -0.4 is 10.1 Å². The Bertz CT molecular complexity index is 798. The third-order valence-electron chi connectivity index (χ3n) is 4.61. The molecule has 0 unspecified atom stereocenters. The first-order valence-electron chi connectivity index (χ1n) is 8.54. The molecule has 1 saturated heterocycles. The van der Waals surface area contributed by atoms with Gasteiger partial charge in [0.25, 0.3) is 0 Å². The van der Waals surface area contributed by atoms with Crippen molar-refractivity contribution >= 4 is 24.8 Å². The van der Waals surface area contributed by atoms with Crippen molar-refractivity contribution in [2.75, 3.05) is 26.2 Å². The third-order valence-corrected chi connectivity index (χ3v) is 4.61. The maximum atomic E-state index is 14.0. The van der Waals surface area contributed by atoms with Crippen LogP contribution in [0, 0.1) is 12.7 Å². The molecule has 1 aliphatic rings. The highest BCUT2D eigenvalue weighted by Crippen LogP contribution is 2.38. The number of rotatable bonds is 4. The van der Waals surface area contributed by atoms with Crippen LogP contribution in [0.5, 0.6) is 11.5 Å². The number of hydrogen-bond donors (Lipinski definition) is 2. The van der Waals surface area contributed by atoms with Crippen LogP contribution in [0.2, 0.25) is 0 Å². The largest absolute Gasteiger partial charge is 0.573 e. The molecular formula is C19H22Cl2F4N2O2. The van der Waals surface area contributed by atoms with Crippen LogP contribution in [-0.2, 0) is 0 Å². The summed E-state index contributed by atoms with van der Waals surface area (Å²) in [5.74, 6) is -1.49. The van der Waals surface area contributed by atoms with E-state index >= 15 is 0 Å². The number of aromatic hydroxyl groups is 1. The molecule has 1 aliphatic heterocycles. The molecule has 3 rings (SSSR count). The third kappa shape index (κ3) is 6.12. The second-order valence-electron chi connectivity index (χ2n) is 6.43. The monoisotopic (exact) mass is 456 g/mol. The van der Waals surface area contributed by atoms with Gasteiger partial charge in [0.05, 0.1) is 6.04 Å². The smallest absolute Gasteiger partial charge is 0.505 e. The van der Waals surface area contributed by atoms with E-state index in [1.165, 1.54) is 30.3 Å². The Hall–Kier alpha value is -1.74. The van der Waals surface area contributed by atoms with E-state index in [0.717, 1.165) is 13.1 Å². The molecule has 0 saturated carbocycles. The minimum absolute atomic E-state index is 0. The van der Waals surface area contributed by atoms with Crippen LogP contribution in [0.4, 0.5) is 17.6 Å². The minimum atomic E-state index is -4.77. The summed E-state index contributed by atoms with van der Waals surface area (Å²) in [6.07, 6.45) is -4.77. The highest BCUT2D eigenvalue weighted by molar-refractivity contribution is 5.85. The molecule has 10 heteroatoms. The average Bonchev–Trinajstić information content (AvgIpc) is 2.62. The molecule has 1 heterocycles. The van der Waals surface area contributed by atoms with E-state index in [9.17, 15) is 22.7 Å². The zero-order chi connectivity index (χ0) is 19.6. The van der Waals surface area contributed by atoms with E-state index < -0.39 is 24.0 Å². The summed E-state index contributed by atoms with van der Waals surface area (Å²) in [7, 11) is 0. The molecule has 0 amide bonds. The van der Waals surface area contributed by atoms with E-state index in [0.29, 0.717) is 29.8 Å². The number of halogens is 6. The normalized spacial score (nSPS) is 15.8. The summed E-state index contributed by atoms with van der Waals surface area (Å²) in [6, 6.07) is 7.77. The zero-order valence-electron chi connectivity index (χ0n) is 15.5. The number of phenols is 1. The first kappa shape index (κ1) is 25.3. The second kappa shape index (κ2) is 10.3. The van der Waals surface area contributed by atoms with Crippen molar-refractivity contribution in [3.8, 4) is 11.5 Å². The predicted molar refractivity (Wildman–Crippen MR) is 107 cm³/mol. The first-order chi connectivity index (χ1) is 12.8. The van der Waals surface area contributed by atoms with Crippen LogP contribution >= 0.6 is 24.8 Å². The molecule has 162 valence electrons. The predicted octanol–water partition coefficient (Wildman–Crippen LogP) is 4.58. The maximum Gasteiger partial charge on any atom is 0.573 e. The number of piperazine rings is 1. The summed E-state index contributed by atoms with van der Waals surface area (Å²) in [6.45, 7) is 4.52. The highest BCUT2D eigenvalue weighted by atomic mass is 35.5. The molecule has 0 aliphatic carbocycles. The van der Waals surface area contributed by atoms with E-state index in [1.54, 1.807) is 13.0 Å². The molecule has 2 aromatic rings. The number of benzene rings is 2. The summed E-state index contributed by atoms with van der Waals surface area (Å²) in [5, 5.41) is 13.6. The van der Waals surface area contributed by atoms with Gasteiger partial charge in [-0.2, -0.15) is 0 Å². The number of phenolic OH excluding ortho intramolecular Hbond substituents is 1. The molecule has 2 N–H and O–H groups in total. The van der Waals surface area contributed by atoms with Crippen molar-refractivity contribution in [1.29, 1.82) is 0 Å². The first-order valence-corrected chi connectivity index (χ1v) is 8.54. The number of ether oxygens (including phenoxy) is 1. The lowest BCUT2D eigenvalue weighted by atomic mass is 9.92. The van der Waals surface area contributed by atoms with Gasteiger partial charge in [-0.25, -0.2) is 4.39 Å². The number of alkyl halides is 3. The van der Waals surface area contributed by atoms with Gasteiger partial charge < -0.3 is 15.2 Å². The molecule has 1 atom stereocenters. The van der Waals surface area contributed by atoms with Crippen LogP contribution in [0.3, 0.4) is 0 Å². The lowest BCUT2D eigenvalue weighted by molar-refractivity contribution is -0.274. The molecule has 0 spiro atoms. The van der Waals surface area contributed by atoms with Gasteiger partial charge in [-0.3, -0.25) is 4.90 Å². The quantitative estimate of drug-likeness (QED) is 0.661.